The van der Waals surface area contributed by atoms with Crippen molar-refractivity contribution in [1.29, 1.82) is 0 Å². The van der Waals surface area contributed by atoms with Gasteiger partial charge in [-0.05, 0) is 61.9 Å². The van der Waals surface area contributed by atoms with Gasteiger partial charge in [0.1, 0.15) is 5.60 Å². The number of H-pyrrole nitrogens is 1. The van der Waals surface area contributed by atoms with Crippen LogP contribution in [0.1, 0.15) is 31.9 Å². The van der Waals surface area contributed by atoms with Crippen LogP contribution in [0.4, 0.5) is 4.79 Å². The molecule has 6 nitrogen and oxygen atoms in total. The van der Waals surface area contributed by atoms with Gasteiger partial charge in [0.15, 0.2) is 0 Å². The fraction of sp³-hybridized carbons (Fsp3) is 0.385. The molecular formula is C26H31N3O3. The number of ether oxygens (including phenoxy) is 1. The molecule has 1 amide bonds. The van der Waals surface area contributed by atoms with Crippen LogP contribution < -0.4 is 5.56 Å². The van der Waals surface area contributed by atoms with E-state index in [1.807, 2.05) is 45.9 Å². The molecule has 4 rings (SSSR count). The second-order valence-electron chi connectivity index (χ2n) is 9.49. The number of aromatic nitrogens is 1. The zero-order valence-electron chi connectivity index (χ0n) is 19.3. The van der Waals surface area contributed by atoms with Gasteiger partial charge in [-0.1, -0.05) is 36.4 Å². The van der Waals surface area contributed by atoms with E-state index in [9.17, 15) is 9.59 Å². The molecule has 0 spiro atoms. The maximum atomic E-state index is 12.5. The summed E-state index contributed by atoms with van der Waals surface area (Å²) in [5.41, 5.74) is 3.59. The largest absolute Gasteiger partial charge is 0.444 e. The molecule has 2 heterocycles. The van der Waals surface area contributed by atoms with E-state index >= 15 is 0 Å². The number of carbonyl (C=O) groups excluding carboxylic acids is 1. The predicted molar refractivity (Wildman–Crippen MR) is 128 cm³/mol. The normalized spacial score (nSPS) is 15.2. The van der Waals surface area contributed by atoms with Gasteiger partial charge in [0, 0.05) is 43.8 Å². The van der Waals surface area contributed by atoms with Gasteiger partial charge < -0.3 is 14.6 Å². The van der Waals surface area contributed by atoms with Crippen LogP contribution in [0, 0.1) is 6.92 Å². The van der Waals surface area contributed by atoms with Gasteiger partial charge in [-0.3, -0.25) is 9.69 Å². The Morgan fingerprint density at radius 2 is 1.69 bits per heavy atom. The molecule has 0 bridgehead atoms. The van der Waals surface area contributed by atoms with E-state index in [0.29, 0.717) is 13.1 Å². The second-order valence-corrected chi connectivity index (χ2v) is 9.49. The van der Waals surface area contributed by atoms with E-state index in [0.717, 1.165) is 47.2 Å². The fourth-order valence-electron chi connectivity index (χ4n) is 4.06. The van der Waals surface area contributed by atoms with Gasteiger partial charge in [0.05, 0.1) is 0 Å². The molecule has 3 aromatic rings. The van der Waals surface area contributed by atoms with Gasteiger partial charge in [-0.2, -0.15) is 0 Å². The van der Waals surface area contributed by atoms with Crippen LogP contribution in [0.25, 0.3) is 22.0 Å². The lowest BCUT2D eigenvalue weighted by Crippen LogP contribution is -2.49. The first-order valence-corrected chi connectivity index (χ1v) is 11.1. The maximum Gasteiger partial charge on any atom is 0.410 e. The number of pyridine rings is 1. The summed E-state index contributed by atoms with van der Waals surface area (Å²) in [4.78, 5) is 31.9. The second kappa shape index (κ2) is 8.79. The molecule has 2 aromatic carbocycles. The number of aryl methyl sites for hydroxylation is 1. The smallest absolute Gasteiger partial charge is 0.410 e. The summed E-state index contributed by atoms with van der Waals surface area (Å²) in [6.45, 7) is 11.5. The first kappa shape index (κ1) is 22.1. The van der Waals surface area contributed by atoms with Gasteiger partial charge in [-0.25, -0.2) is 4.79 Å². The van der Waals surface area contributed by atoms with E-state index in [4.69, 9.17) is 4.74 Å². The molecule has 1 aliphatic heterocycles. The highest BCUT2D eigenvalue weighted by Crippen LogP contribution is 2.23. The molecule has 1 fully saturated rings. The van der Waals surface area contributed by atoms with Crippen LogP contribution in [0.3, 0.4) is 0 Å². The Bertz CT molecular complexity index is 1170. The highest BCUT2D eigenvalue weighted by atomic mass is 16.6. The van der Waals surface area contributed by atoms with Crippen molar-refractivity contribution >= 4 is 16.9 Å². The molecule has 32 heavy (non-hydrogen) atoms. The first-order chi connectivity index (χ1) is 15.2. The predicted octanol–water partition coefficient (Wildman–Crippen LogP) is 4.56. The molecule has 6 heteroatoms. The summed E-state index contributed by atoms with van der Waals surface area (Å²) in [6, 6.07) is 16.2. The average molecular weight is 434 g/mol. The van der Waals surface area contributed by atoms with Crippen molar-refractivity contribution in [3.63, 3.8) is 0 Å². The summed E-state index contributed by atoms with van der Waals surface area (Å²) in [5, 5.41) is 1.70. The average Bonchev–Trinajstić information content (AvgIpc) is 2.74. The molecule has 1 aliphatic rings. The van der Waals surface area contributed by atoms with Gasteiger partial charge in [0.2, 0.25) is 0 Å². The molecular weight excluding hydrogens is 402 g/mol. The number of piperazine rings is 1. The number of rotatable bonds is 3. The molecule has 0 unspecified atom stereocenters. The Kier molecular flexibility index (Phi) is 6.07. The number of carbonyl (C=O) groups is 1. The number of amides is 1. The van der Waals surface area contributed by atoms with E-state index in [1.165, 1.54) is 5.56 Å². The number of nitrogens with zero attached hydrogens (tertiary/aromatic N) is 2. The van der Waals surface area contributed by atoms with Crippen molar-refractivity contribution in [2.75, 3.05) is 26.2 Å². The summed E-state index contributed by atoms with van der Waals surface area (Å²) in [6.07, 6.45) is -0.235. The topological polar surface area (TPSA) is 65.6 Å². The minimum atomic E-state index is -0.468. The highest BCUT2D eigenvalue weighted by molar-refractivity contribution is 5.87. The number of benzene rings is 2. The molecule has 1 N–H and O–H groups in total. The van der Waals surface area contributed by atoms with Crippen molar-refractivity contribution in [1.82, 2.24) is 14.8 Å². The quantitative estimate of drug-likeness (QED) is 0.658. The van der Waals surface area contributed by atoms with Crippen molar-refractivity contribution in [3.8, 4) is 11.3 Å². The fourth-order valence-corrected chi connectivity index (χ4v) is 4.06. The van der Waals surface area contributed by atoms with Crippen LogP contribution in [0.2, 0.25) is 0 Å². The third-order valence-corrected chi connectivity index (χ3v) is 5.80. The number of hydrogen-bond donors (Lipinski definition) is 1. The molecule has 0 radical (unpaired) electrons. The van der Waals surface area contributed by atoms with Crippen LogP contribution in [0.15, 0.2) is 53.3 Å². The molecule has 0 aliphatic carbocycles. The molecule has 0 saturated carbocycles. The Balaban J connectivity index is 1.40. The van der Waals surface area contributed by atoms with Crippen molar-refractivity contribution in [2.24, 2.45) is 0 Å². The first-order valence-electron chi connectivity index (χ1n) is 11.1. The zero-order valence-corrected chi connectivity index (χ0v) is 19.3. The monoisotopic (exact) mass is 433 g/mol. The van der Waals surface area contributed by atoms with E-state index in [-0.39, 0.29) is 11.7 Å². The van der Waals surface area contributed by atoms with Crippen molar-refractivity contribution in [2.45, 2.75) is 39.8 Å². The SMILES string of the molecule is Cc1cccc2c(=O)[nH]c(-c3ccc(CN4CCN(C(=O)OC(C)(C)C)CC4)cc3)cc12. The number of hydrogen-bond acceptors (Lipinski definition) is 4. The third kappa shape index (κ3) is 5.02. The standard InChI is InChI=1S/C26H31N3O3/c1-18-6-5-7-21-22(18)16-23(27-24(21)30)20-10-8-19(9-11-20)17-28-12-14-29(15-13-28)25(31)32-26(2,3)4/h5-11,16H,12-15,17H2,1-4H3,(H,27,30). The lowest BCUT2D eigenvalue weighted by molar-refractivity contribution is 0.0139. The maximum absolute atomic E-state index is 12.5. The Hall–Kier alpha value is -3.12. The van der Waals surface area contributed by atoms with Crippen molar-refractivity contribution < 1.29 is 9.53 Å². The van der Waals surface area contributed by atoms with Crippen molar-refractivity contribution in [3.05, 3.63) is 70.0 Å². The third-order valence-electron chi connectivity index (χ3n) is 5.80. The van der Waals surface area contributed by atoms with Gasteiger partial charge in [-0.15, -0.1) is 0 Å². The Labute approximate surface area is 188 Å². The van der Waals surface area contributed by atoms with Crippen LogP contribution >= 0.6 is 0 Å². The minimum absolute atomic E-state index is 0.0619. The van der Waals surface area contributed by atoms with Crippen LogP contribution in [-0.4, -0.2) is 52.7 Å². The molecule has 1 saturated heterocycles. The van der Waals surface area contributed by atoms with Gasteiger partial charge in [0.25, 0.3) is 5.56 Å². The summed E-state index contributed by atoms with van der Waals surface area (Å²) >= 11 is 0. The molecule has 168 valence electrons. The molecule has 1 aromatic heterocycles. The Morgan fingerprint density at radius 3 is 2.34 bits per heavy atom. The lowest BCUT2D eigenvalue weighted by atomic mass is 10.0. The van der Waals surface area contributed by atoms with E-state index in [1.54, 1.807) is 4.90 Å². The van der Waals surface area contributed by atoms with Gasteiger partial charge >= 0.3 is 6.09 Å². The minimum Gasteiger partial charge on any atom is -0.444 e. The molecule has 0 atom stereocenters. The van der Waals surface area contributed by atoms with Crippen LogP contribution in [-0.2, 0) is 11.3 Å². The summed E-state index contributed by atoms with van der Waals surface area (Å²) in [7, 11) is 0. The number of nitrogens with one attached hydrogen (secondary N) is 1. The number of aromatic amines is 1. The number of fused-ring (bicyclic) bond motifs is 1. The van der Waals surface area contributed by atoms with E-state index in [2.05, 4.69) is 40.2 Å². The zero-order chi connectivity index (χ0) is 22.9. The highest BCUT2D eigenvalue weighted by Gasteiger charge is 2.25. The lowest BCUT2D eigenvalue weighted by Gasteiger charge is -2.35. The summed E-state index contributed by atoms with van der Waals surface area (Å²) in [5.74, 6) is 0. The Morgan fingerprint density at radius 1 is 1.00 bits per heavy atom. The van der Waals surface area contributed by atoms with E-state index < -0.39 is 5.60 Å². The van der Waals surface area contributed by atoms with Crippen LogP contribution in [0.5, 0.6) is 0 Å². The summed E-state index contributed by atoms with van der Waals surface area (Å²) < 4.78 is 5.47.